The number of hydrogen-bond acceptors (Lipinski definition) is 4. The predicted molar refractivity (Wildman–Crippen MR) is 245 cm³/mol. The molecule has 4 heteroatoms. The topological polar surface area (TPSA) is 52.6 Å². The maximum Gasteiger partial charge on any atom is 0.308 e. The molecule has 0 saturated carbocycles. The second-order valence-electron chi connectivity index (χ2n) is 18.2. The van der Waals surface area contributed by atoms with Crippen LogP contribution in [-0.2, 0) is 19.1 Å². The van der Waals surface area contributed by atoms with Gasteiger partial charge in [0.25, 0.3) is 0 Å². The second kappa shape index (κ2) is 45.0. The first-order valence-corrected chi connectivity index (χ1v) is 25.8. The van der Waals surface area contributed by atoms with E-state index in [0.717, 1.165) is 44.4 Å². The fourth-order valence-corrected chi connectivity index (χ4v) is 8.42. The van der Waals surface area contributed by atoms with E-state index in [1.807, 2.05) is 0 Å². The van der Waals surface area contributed by atoms with Gasteiger partial charge in [-0.15, -0.1) is 0 Å². The number of rotatable bonds is 46. The third-order valence-corrected chi connectivity index (χ3v) is 12.5. The van der Waals surface area contributed by atoms with Crippen LogP contribution >= 0.6 is 0 Å². The normalized spacial score (nSPS) is 13.2. The maximum atomic E-state index is 12.9. The fraction of sp³-hybridized carbons (Fsp3) is 0.962. The van der Waals surface area contributed by atoms with E-state index in [4.69, 9.17) is 9.47 Å². The smallest absolute Gasteiger partial charge is 0.308 e. The number of carbonyl (C=O) groups is 2. The first-order chi connectivity index (χ1) is 27.5. The van der Waals surface area contributed by atoms with Crippen molar-refractivity contribution >= 4 is 11.9 Å². The average molecular weight is 791 g/mol. The van der Waals surface area contributed by atoms with Gasteiger partial charge in [0.1, 0.15) is 0 Å². The molecule has 0 bridgehead atoms. The summed E-state index contributed by atoms with van der Waals surface area (Å²) in [6.07, 6.45) is 50.0. The van der Waals surface area contributed by atoms with Crippen molar-refractivity contribution in [3.63, 3.8) is 0 Å². The molecule has 2 unspecified atom stereocenters. The Morgan fingerprint density at radius 2 is 0.518 bits per heavy atom. The largest absolute Gasteiger partial charge is 0.465 e. The molecule has 2 atom stereocenters. The van der Waals surface area contributed by atoms with Crippen molar-refractivity contribution in [1.29, 1.82) is 0 Å². The van der Waals surface area contributed by atoms with E-state index in [9.17, 15) is 9.59 Å². The van der Waals surface area contributed by atoms with Gasteiger partial charge in [-0.05, 0) is 44.4 Å². The van der Waals surface area contributed by atoms with Crippen LogP contribution in [0.5, 0.6) is 0 Å². The highest BCUT2D eigenvalue weighted by atomic mass is 16.5. The predicted octanol–water partition coefficient (Wildman–Crippen LogP) is 17.6. The van der Waals surface area contributed by atoms with Crippen molar-refractivity contribution in [3.8, 4) is 0 Å². The molecule has 0 amide bonds. The highest BCUT2D eigenvalue weighted by molar-refractivity contribution is 5.72. The van der Waals surface area contributed by atoms with Gasteiger partial charge in [-0.25, -0.2) is 0 Å². The second-order valence-corrected chi connectivity index (χ2v) is 18.2. The Bertz CT molecular complexity index is 732. The zero-order valence-electron chi connectivity index (χ0n) is 39.1. The number of esters is 2. The molecule has 0 rings (SSSR count). The molecule has 0 aliphatic heterocycles. The molecule has 0 heterocycles. The van der Waals surface area contributed by atoms with Crippen LogP contribution in [-0.4, -0.2) is 25.2 Å². The molecule has 0 N–H and O–H groups in total. The van der Waals surface area contributed by atoms with E-state index in [2.05, 4.69) is 34.6 Å². The summed E-state index contributed by atoms with van der Waals surface area (Å²) in [5.74, 6) is 1.29. The lowest BCUT2D eigenvalue weighted by Crippen LogP contribution is -2.18. The fourth-order valence-electron chi connectivity index (χ4n) is 8.42. The molecule has 0 saturated heterocycles. The van der Waals surface area contributed by atoms with Crippen LogP contribution in [0.2, 0.25) is 0 Å². The molecule has 0 fully saturated rings. The van der Waals surface area contributed by atoms with Crippen molar-refractivity contribution < 1.29 is 19.1 Å². The van der Waals surface area contributed by atoms with Crippen LogP contribution in [0.25, 0.3) is 0 Å². The lowest BCUT2D eigenvalue weighted by atomic mass is 9.94. The number of hydrogen-bond donors (Lipinski definition) is 0. The highest BCUT2D eigenvalue weighted by Gasteiger charge is 2.20. The Morgan fingerprint density at radius 3 is 0.804 bits per heavy atom. The van der Waals surface area contributed by atoms with Crippen molar-refractivity contribution in [2.24, 2.45) is 17.8 Å². The van der Waals surface area contributed by atoms with Crippen LogP contribution < -0.4 is 0 Å². The Morgan fingerprint density at radius 1 is 0.304 bits per heavy atom. The van der Waals surface area contributed by atoms with Gasteiger partial charge in [0, 0.05) is 0 Å². The monoisotopic (exact) mass is 791 g/mol. The lowest BCUT2D eigenvalue weighted by Gasteiger charge is -2.16. The summed E-state index contributed by atoms with van der Waals surface area (Å²) >= 11 is 0. The van der Waals surface area contributed by atoms with E-state index < -0.39 is 0 Å². The minimum absolute atomic E-state index is 0.0885. The third-order valence-electron chi connectivity index (χ3n) is 12.5. The average Bonchev–Trinajstić information content (AvgIpc) is 3.20. The summed E-state index contributed by atoms with van der Waals surface area (Å²) in [6, 6.07) is 0. The molecule has 56 heavy (non-hydrogen) atoms. The SMILES string of the molecule is CCCCCCCCC(CCCCCC)C(=O)OCCCCCCCCCC(C)CCCCCCCCCOC(=O)C(CCCCCC)CCCCCCCC. The number of carbonyl (C=O) groups excluding carboxylic acids is 2. The zero-order valence-corrected chi connectivity index (χ0v) is 39.1. The van der Waals surface area contributed by atoms with E-state index in [1.54, 1.807) is 0 Å². The lowest BCUT2D eigenvalue weighted by molar-refractivity contribution is -0.150. The van der Waals surface area contributed by atoms with Gasteiger partial charge in [0.15, 0.2) is 0 Å². The number of unbranched alkanes of at least 4 members (excludes halogenated alkanes) is 28. The van der Waals surface area contributed by atoms with Gasteiger partial charge in [-0.2, -0.15) is 0 Å². The van der Waals surface area contributed by atoms with E-state index in [-0.39, 0.29) is 23.8 Å². The third kappa shape index (κ3) is 38.5. The van der Waals surface area contributed by atoms with Gasteiger partial charge < -0.3 is 9.47 Å². The van der Waals surface area contributed by atoms with Crippen molar-refractivity contribution in [2.45, 2.75) is 291 Å². The van der Waals surface area contributed by atoms with Gasteiger partial charge >= 0.3 is 11.9 Å². The van der Waals surface area contributed by atoms with Crippen LogP contribution in [0, 0.1) is 17.8 Å². The van der Waals surface area contributed by atoms with Crippen LogP contribution in [0.4, 0.5) is 0 Å². The van der Waals surface area contributed by atoms with Gasteiger partial charge in [-0.3, -0.25) is 9.59 Å². The maximum absolute atomic E-state index is 12.9. The standard InChI is InChI=1S/C52H102O4/c1-6-10-14-18-28-36-44-49(42-34-16-12-8-3)51(53)55-46-38-30-24-20-22-26-32-40-48(5)41-33-27-23-21-25-31-39-47-56-52(54)50(43-35-17-13-9-4)45-37-29-19-15-11-7-2/h48-50H,6-47H2,1-5H3. The summed E-state index contributed by atoms with van der Waals surface area (Å²) < 4.78 is 11.6. The molecule has 0 spiro atoms. The minimum Gasteiger partial charge on any atom is -0.465 e. The van der Waals surface area contributed by atoms with Crippen molar-refractivity contribution in [3.05, 3.63) is 0 Å². The van der Waals surface area contributed by atoms with Crippen molar-refractivity contribution in [1.82, 2.24) is 0 Å². The van der Waals surface area contributed by atoms with Crippen LogP contribution in [0.15, 0.2) is 0 Å². The summed E-state index contributed by atoms with van der Waals surface area (Å²) in [6.45, 7) is 12.7. The molecule has 0 aromatic heterocycles. The first-order valence-electron chi connectivity index (χ1n) is 25.8. The zero-order chi connectivity index (χ0) is 41.0. The molecule has 0 aliphatic rings. The van der Waals surface area contributed by atoms with Crippen LogP contribution in [0.1, 0.15) is 291 Å². The van der Waals surface area contributed by atoms with E-state index in [0.29, 0.717) is 13.2 Å². The van der Waals surface area contributed by atoms with E-state index in [1.165, 1.54) is 218 Å². The summed E-state index contributed by atoms with van der Waals surface area (Å²) in [5.41, 5.74) is 0. The van der Waals surface area contributed by atoms with Crippen LogP contribution in [0.3, 0.4) is 0 Å². The first kappa shape index (κ1) is 54.9. The molecule has 0 aromatic rings. The number of ether oxygens (including phenoxy) is 2. The Kier molecular flexibility index (Phi) is 44.2. The summed E-state index contributed by atoms with van der Waals surface area (Å²) in [4.78, 5) is 25.7. The van der Waals surface area contributed by atoms with Gasteiger partial charge in [0.2, 0.25) is 0 Å². The minimum atomic E-state index is 0.0885. The Hall–Kier alpha value is -1.06. The summed E-state index contributed by atoms with van der Waals surface area (Å²) in [7, 11) is 0. The molecule has 0 aromatic carbocycles. The van der Waals surface area contributed by atoms with E-state index >= 15 is 0 Å². The molecule has 0 radical (unpaired) electrons. The Balaban J connectivity index is 3.80. The molecular weight excluding hydrogens is 689 g/mol. The summed E-state index contributed by atoms with van der Waals surface area (Å²) in [5, 5.41) is 0. The molecular formula is C52H102O4. The Labute approximate surface area is 352 Å². The highest BCUT2D eigenvalue weighted by Crippen LogP contribution is 2.23. The molecule has 334 valence electrons. The van der Waals surface area contributed by atoms with Gasteiger partial charge in [-0.1, -0.05) is 253 Å². The molecule has 4 nitrogen and oxygen atoms in total. The van der Waals surface area contributed by atoms with Crippen molar-refractivity contribution in [2.75, 3.05) is 13.2 Å². The quantitative estimate of drug-likeness (QED) is 0.0455. The van der Waals surface area contributed by atoms with Gasteiger partial charge in [0.05, 0.1) is 25.0 Å². The molecule has 0 aliphatic carbocycles.